The minimum Gasteiger partial charge on any atom is -0.212 e. The maximum Gasteiger partial charge on any atom is 0.0939 e. The molecule has 0 spiro atoms. The van der Waals surface area contributed by atoms with Gasteiger partial charge in [0, 0.05) is 0 Å². The topological polar surface area (TPSA) is 0 Å². The van der Waals surface area contributed by atoms with Crippen LogP contribution in [0.1, 0.15) is 33.6 Å². The Morgan fingerprint density at radius 3 is 2.45 bits per heavy atom. The lowest BCUT2D eigenvalue weighted by Gasteiger charge is -2.24. The maximum atomic E-state index is 13.1. The van der Waals surface area contributed by atoms with Crippen molar-refractivity contribution in [2.45, 2.75) is 39.4 Å². The van der Waals surface area contributed by atoms with Crippen molar-refractivity contribution in [2.24, 2.45) is 5.41 Å². The SMILES string of the molecule is [B]C1CC(C)(CC)C(C)=C1F. The zero-order valence-electron chi connectivity index (χ0n) is 7.45. The van der Waals surface area contributed by atoms with Crippen LogP contribution in [0.5, 0.6) is 0 Å². The van der Waals surface area contributed by atoms with Crippen molar-refractivity contribution in [3.8, 4) is 0 Å². The predicted octanol–water partition coefficient (Wildman–Crippen LogP) is 3.01. The van der Waals surface area contributed by atoms with Crippen LogP contribution in [0.2, 0.25) is 5.82 Å². The average Bonchev–Trinajstić information content (AvgIpc) is 2.17. The molecule has 60 valence electrons. The Morgan fingerprint density at radius 1 is 1.73 bits per heavy atom. The minimum atomic E-state index is -0.347. The summed E-state index contributed by atoms with van der Waals surface area (Å²) in [5.41, 5.74) is 0.872. The largest absolute Gasteiger partial charge is 0.212 e. The number of halogens is 1. The molecule has 2 radical (unpaired) electrons. The molecule has 0 aromatic heterocycles. The van der Waals surface area contributed by atoms with Gasteiger partial charge in [-0.2, -0.15) is 0 Å². The monoisotopic (exact) mass is 152 g/mol. The van der Waals surface area contributed by atoms with E-state index in [0.717, 1.165) is 18.4 Å². The standard InChI is InChI=1S/C9H14BF/c1-4-9(3)5-7(10)8(11)6(9)2/h7H,4-5H2,1-3H3. The van der Waals surface area contributed by atoms with Crippen LogP contribution in [0, 0.1) is 5.41 Å². The number of rotatable bonds is 1. The summed E-state index contributed by atoms with van der Waals surface area (Å²) < 4.78 is 13.1. The third-order valence-corrected chi connectivity index (χ3v) is 3.04. The zero-order chi connectivity index (χ0) is 8.65. The molecule has 0 aromatic carbocycles. The number of hydrogen-bond acceptors (Lipinski definition) is 0. The van der Waals surface area contributed by atoms with E-state index in [1.54, 1.807) is 0 Å². The van der Waals surface area contributed by atoms with Crippen molar-refractivity contribution in [1.29, 1.82) is 0 Å². The molecule has 0 aromatic rings. The summed E-state index contributed by atoms with van der Waals surface area (Å²) in [6, 6.07) is 0. The quantitative estimate of drug-likeness (QED) is 0.506. The highest BCUT2D eigenvalue weighted by Gasteiger charge is 2.36. The highest BCUT2D eigenvalue weighted by Crippen LogP contribution is 2.49. The van der Waals surface area contributed by atoms with Gasteiger partial charge in [-0.1, -0.05) is 13.8 Å². The van der Waals surface area contributed by atoms with Crippen molar-refractivity contribution in [2.75, 3.05) is 0 Å². The second-order valence-electron chi connectivity index (χ2n) is 3.70. The molecule has 0 aliphatic heterocycles. The molecule has 0 bridgehead atoms. The lowest BCUT2D eigenvalue weighted by Crippen LogP contribution is -2.12. The summed E-state index contributed by atoms with van der Waals surface area (Å²) in [5, 5.41) is 0. The van der Waals surface area contributed by atoms with Gasteiger partial charge in [0.1, 0.15) is 0 Å². The van der Waals surface area contributed by atoms with Gasteiger partial charge < -0.3 is 0 Å². The van der Waals surface area contributed by atoms with E-state index in [0.29, 0.717) is 0 Å². The van der Waals surface area contributed by atoms with Gasteiger partial charge in [-0.05, 0) is 36.6 Å². The molecule has 2 unspecified atom stereocenters. The summed E-state index contributed by atoms with van der Waals surface area (Å²) >= 11 is 0. The Bertz CT molecular complexity index is 198. The summed E-state index contributed by atoms with van der Waals surface area (Å²) in [5.74, 6) is -0.436. The molecule has 2 atom stereocenters. The van der Waals surface area contributed by atoms with Gasteiger partial charge in [0.2, 0.25) is 0 Å². The summed E-state index contributed by atoms with van der Waals surface area (Å²) in [7, 11) is 5.59. The van der Waals surface area contributed by atoms with Crippen LogP contribution >= 0.6 is 0 Å². The molecule has 1 rings (SSSR count). The van der Waals surface area contributed by atoms with Crippen molar-refractivity contribution in [3.63, 3.8) is 0 Å². The molecule has 0 N–H and O–H groups in total. The first kappa shape index (κ1) is 8.83. The minimum absolute atomic E-state index is 0.0174. The third-order valence-electron chi connectivity index (χ3n) is 3.04. The van der Waals surface area contributed by atoms with Crippen molar-refractivity contribution >= 4 is 7.85 Å². The molecular weight excluding hydrogens is 138 g/mol. The van der Waals surface area contributed by atoms with Crippen LogP contribution in [-0.2, 0) is 0 Å². The van der Waals surface area contributed by atoms with Crippen LogP contribution in [0.3, 0.4) is 0 Å². The molecule has 0 saturated heterocycles. The van der Waals surface area contributed by atoms with E-state index < -0.39 is 0 Å². The van der Waals surface area contributed by atoms with E-state index in [9.17, 15) is 4.39 Å². The van der Waals surface area contributed by atoms with Crippen molar-refractivity contribution in [1.82, 2.24) is 0 Å². The van der Waals surface area contributed by atoms with Gasteiger partial charge in [-0.25, -0.2) is 4.39 Å². The molecule has 2 heteroatoms. The van der Waals surface area contributed by atoms with Crippen LogP contribution in [0.4, 0.5) is 4.39 Å². The normalized spacial score (nSPS) is 38.4. The van der Waals surface area contributed by atoms with Crippen molar-refractivity contribution < 1.29 is 4.39 Å². The Hall–Kier alpha value is -0.265. The van der Waals surface area contributed by atoms with Crippen LogP contribution in [0.15, 0.2) is 11.4 Å². The van der Waals surface area contributed by atoms with Crippen LogP contribution in [-0.4, -0.2) is 7.85 Å². The van der Waals surface area contributed by atoms with E-state index >= 15 is 0 Å². The van der Waals surface area contributed by atoms with Gasteiger partial charge in [0.25, 0.3) is 0 Å². The van der Waals surface area contributed by atoms with E-state index in [4.69, 9.17) is 7.85 Å². The summed E-state index contributed by atoms with van der Waals surface area (Å²) in [4.78, 5) is 0. The van der Waals surface area contributed by atoms with Gasteiger partial charge >= 0.3 is 0 Å². The number of allylic oxidation sites excluding steroid dienone is 2. The molecule has 0 heterocycles. The molecule has 1 aliphatic rings. The van der Waals surface area contributed by atoms with Gasteiger partial charge in [0.15, 0.2) is 0 Å². The smallest absolute Gasteiger partial charge is 0.0939 e. The molecular formula is C9H14BF. The van der Waals surface area contributed by atoms with E-state index in [1.165, 1.54) is 0 Å². The second-order valence-corrected chi connectivity index (χ2v) is 3.70. The third kappa shape index (κ3) is 1.23. The first-order valence-electron chi connectivity index (χ1n) is 4.13. The first-order valence-corrected chi connectivity index (χ1v) is 4.13. The number of hydrogen-bond donors (Lipinski definition) is 0. The fourth-order valence-corrected chi connectivity index (χ4v) is 1.70. The van der Waals surface area contributed by atoms with E-state index in [-0.39, 0.29) is 17.1 Å². The molecule has 0 saturated carbocycles. The second kappa shape index (κ2) is 2.65. The lowest BCUT2D eigenvalue weighted by atomic mass is 9.76. The molecule has 0 amide bonds. The molecule has 0 nitrogen and oxygen atoms in total. The molecule has 0 fully saturated rings. The maximum absolute atomic E-state index is 13.1. The van der Waals surface area contributed by atoms with Crippen molar-refractivity contribution in [3.05, 3.63) is 11.4 Å². The highest BCUT2D eigenvalue weighted by atomic mass is 19.1. The van der Waals surface area contributed by atoms with Gasteiger partial charge in [0.05, 0.1) is 13.7 Å². The fourth-order valence-electron chi connectivity index (χ4n) is 1.70. The lowest BCUT2D eigenvalue weighted by molar-refractivity contribution is 0.379. The van der Waals surface area contributed by atoms with Gasteiger partial charge in [-0.15, -0.1) is 0 Å². The van der Waals surface area contributed by atoms with E-state index in [1.807, 2.05) is 6.92 Å². The Balaban J connectivity index is 2.93. The Morgan fingerprint density at radius 2 is 2.27 bits per heavy atom. The Kier molecular flexibility index (Phi) is 2.13. The summed E-state index contributed by atoms with van der Waals surface area (Å²) in [6.45, 7) is 6.01. The van der Waals surface area contributed by atoms with Crippen LogP contribution < -0.4 is 0 Å². The first-order chi connectivity index (χ1) is 5.01. The predicted molar refractivity (Wildman–Crippen MR) is 46.3 cm³/mol. The highest BCUT2D eigenvalue weighted by molar-refractivity contribution is 6.13. The average molecular weight is 152 g/mol. The summed E-state index contributed by atoms with van der Waals surface area (Å²) in [6.07, 6.45) is 1.74. The van der Waals surface area contributed by atoms with Crippen LogP contribution in [0.25, 0.3) is 0 Å². The van der Waals surface area contributed by atoms with Gasteiger partial charge in [-0.3, -0.25) is 0 Å². The van der Waals surface area contributed by atoms with E-state index in [2.05, 4.69) is 13.8 Å². The molecule has 11 heavy (non-hydrogen) atoms. The fraction of sp³-hybridized carbons (Fsp3) is 0.778. The molecule has 1 aliphatic carbocycles. The zero-order valence-corrected chi connectivity index (χ0v) is 7.45. The Labute approximate surface area is 69.3 Å².